The lowest BCUT2D eigenvalue weighted by Crippen LogP contribution is -1.74. The first-order valence-electron chi connectivity index (χ1n) is 4.03. The smallest absolute Gasteiger partial charge is 0.0141 e. The first kappa shape index (κ1) is 11.3. The summed E-state index contributed by atoms with van der Waals surface area (Å²) in [7, 11) is 0. The summed E-state index contributed by atoms with van der Waals surface area (Å²) in [5.41, 5.74) is 1.20. The summed E-state index contributed by atoms with van der Waals surface area (Å²) < 4.78 is 0. The van der Waals surface area contributed by atoms with Crippen molar-refractivity contribution in [2.75, 3.05) is 0 Å². The van der Waals surface area contributed by atoms with Crippen molar-refractivity contribution >= 4 is 11.8 Å². The van der Waals surface area contributed by atoms with Crippen molar-refractivity contribution in [3.63, 3.8) is 0 Å². The quantitative estimate of drug-likeness (QED) is 0.569. The lowest BCUT2D eigenvalue weighted by Gasteiger charge is -1.99. The Morgan fingerprint density at radius 1 is 1.42 bits per heavy atom. The maximum absolute atomic E-state index is 3.73. The molecule has 12 heavy (non-hydrogen) atoms. The van der Waals surface area contributed by atoms with Crippen LogP contribution in [0, 0.1) is 0 Å². The Hall–Kier alpha value is -0.690. The number of thioether (sulfide) groups is 1. The molecule has 0 fully saturated rings. The van der Waals surface area contributed by atoms with Crippen LogP contribution in [-0.4, -0.2) is 0 Å². The second-order valence-electron chi connectivity index (χ2n) is 2.35. The van der Waals surface area contributed by atoms with Crippen LogP contribution in [0.3, 0.4) is 0 Å². The minimum Gasteiger partial charge on any atom is -0.0988 e. The fraction of sp³-hybridized carbons (Fsp3) is 0.273. The summed E-state index contributed by atoms with van der Waals surface area (Å²) in [4.78, 5) is 1.22. The van der Waals surface area contributed by atoms with Crippen LogP contribution in [0.25, 0.3) is 0 Å². The van der Waals surface area contributed by atoms with Crippen LogP contribution in [0.4, 0.5) is 0 Å². The fourth-order valence-corrected chi connectivity index (χ4v) is 1.30. The summed E-state index contributed by atoms with van der Waals surface area (Å²) in [5, 5.41) is 1.84. The van der Waals surface area contributed by atoms with Crippen molar-refractivity contribution < 1.29 is 0 Å². The van der Waals surface area contributed by atoms with Crippen LogP contribution in [0.15, 0.2) is 47.3 Å². The number of hydrogen-bond acceptors (Lipinski definition) is 1. The number of rotatable bonds is 5. The fourth-order valence-electron chi connectivity index (χ4n) is 0.679. The summed E-state index contributed by atoms with van der Waals surface area (Å²) >= 11 is 1.63. The second kappa shape index (κ2) is 6.99. The molecule has 1 heteroatoms. The zero-order valence-corrected chi connectivity index (χ0v) is 8.66. The Labute approximate surface area is 79.8 Å². The minimum atomic E-state index is 1.06. The van der Waals surface area contributed by atoms with Gasteiger partial charge in [-0.2, -0.15) is 0 Å². The van der Waals surface area contributed by atoms with Gasteiger partial charge in [0.1, 0.15) is 0 Å². The largest absolute Gasteiger partial charge is 0.0988 e. The predicted octanol–water partition coefficient (Wildman–Crippen LogP) is 4.29. The van der Waals surface area contributed by atoms with Crippen molar-refractivity contribution in [2.45, 2.75) is 20.3 Å². The maximum atomic E-state index is 3.73. The third-order valence-electron chi connectivity index (χ3n) is 1.41. The van der Waals surface area contributed by atoms with Gasteiger partial charge in [0.25, 0.3) is 0 Å². The molecule has 0 radical (unpaired) electrons. The van der Waals surface area contributed by atoms with Crippen LogP contribution >= 0.6 is 11.8 Å². The van der Waals surface area contributed by atoms with Gasteiger partial charge in [-0.1, -0.05) is 50.1 Å². The molecular weight excluding hydrogens is 164 g/mol. The highest BCUT2D eigenvalue weighted by molar-refractivity contribution is 8.06. The van der Waals surface area contributed by atoms with Crippen LogP contribution in [0.5, 0.6) is 0 Å². The predicted molar refractivity (Wildman–Crippen MR) is 60.1 cm³/mol. The normalized spacial score (nSPS) is 12.8. The molecule has 0 atom stereocenters. The Kier molecular flexibility index (Phi) is 6.58. The minimum absolute atomic E-state index is 1.06. The second-order valence-corrected chi connectivity index (χ2v) is 3.36. The van der Waals surface area contributed by atoms with E-state index < -0.39 is 0 Å². The Morgan fingerprint density at radius 3 is 2.50 bits per heavy atom. The molecular formula is C11H16S. The van der Waals surface area contributed by atoms with Gasteiger partial charge in [0.2, 0.25) is 0 Å². The zero-order valence-electron chi connectivity index (χ0n) is 7.84. The van der Waals surface area contributed by atoms with Crippen molar-refractivity contribution in [3.8, 4) is 0 Å². The highest BCUT2D eigenvalue weighted by Crippen LogP contribution is 2.22. The van der Waals surface area contributed by atoms with E-state index in [1.54, 1.807) is 11.8 Å². The number of allylic oxidation sites excluding steroid dienone is 4. The first-order valence-corrected chi connectivity index (χ1v) is 4.91. The topological polar surface area (TPSA) is 0 Å². The highest BCUT2D eigenvalue weighted by atomic mass is 32.2. The molecule has 0 bridgehead atoms. The average molecular weight is 180 g/mol. The van der Waals surface area contributed by atoms with E-state index >= 15 is 0 Å². The zero-order chi connectivity index (χ0) is 9.40. The molecule has 0 saturated heterocycles. The van der Waals surface area contributed by atoms with Gasteiger partial charge in [0.05, 0.1) is 0 Å². The third kappa shape index (κ3) is 4.24. The third-order valence-corrected chi connectivity index (χ3v) is 2.29. The molecule has 0 aliphatic rings. The van der Waals surface area contributed by atoms with E-state index in [0.29, 0.717) is 0 Å². The molecule has 0 rings (SSSR count). The number of hydrogen-bond donors (Lipinski definition) is 0. The van der Waals surface area contributed by atoms with E-state index in [1.165, 1.54) is 10.5 Å². The lowest BCUT2D eigenvalue weighted by atomic mass is 10.2. The van der Waals surface area contributed by atoms with Crippen molar-refractivity contribution in [3.05, 3.63) is 47.3 Å². The van der Waals surface area contributed by atoms with Gasteiger partial charge in [0, 0.05) is 4.91 Å². The standard InChI is InChI=1S/C11H16S/c1-5-8-9-11(12-7-3)10(4)6-2/h6-9H,2-3,5H2,1,4H3/b9-8-,11-10+. The van der Waals surface area contributed by atoms with E-state index in [9.17, 15) is 0 Å². The summed E-state index contributed by atoms with van der Waals surface area (Å²) in [6, 6.07) is 0. The van der Waals surface area contributed by atoms with Gasteiger partial charge in [-0.3, -0.25) is 0 Å². The molecule has 0 aromatic rings. The van der Waals surface area contributed by atoms with Crippen LogP contribution in [0.2, 0.25) is 0 Å². The maximum Gasteiger partial charge on any atom is 0.0141 e. The van der Waals surface area contributed by atoms with Gasteiger partial charge in [-0.05, 0) is 24.3 Å². The molecule has 0 nitrogen and oxygen atoms in total. The molecule has 0 N–H and O–H groups in total. The summed E-state index contributed by atoms with van der Waals surface area (Å²) in [6.45, 7) is 11.6. The Balaban J connectivity index is 4.52. The SMILES string of the molecule is C=CSC(/C=C\CC)=C(\C)C=C. The van der Waals surface area contributed by atoms with Crippen LogP contribution in [-0.2, 0) is 0 Å². The molecule has 0 spiro atoms. The molecule has 0 aromatic carbocycles. The van der Waals surface area contributed by atoms with Gasteiger partial charge in [-0.15, -0.1) is 0 Å². The Morgan fingerprint density at radius 2 is 2.08 bits per heavy atom. The highest BCUT2D eigenvalue weighted by Gasteiger charge is 1.92. The lowest BCUT2D eigenvalue weighted by molar-refractivity contribution is 1.22. The van der Waals surface area contributed by atoms with Gasteiger partial charge < -0.3 is 0 Å². The van der Waals surface area contributed by atoms with E-state index in [-0.39, 0.29) is 0 Å². The van der Waals surface area contributed by atoms with E-state index in [0.717, 1.165) is 6.42 Å². The molecule has 0 aliphatic carbocycles. The first-order chi connectivity index (χ1) is 5.76. The Bertz CT molecular complexity index is 209. The van der Waals surface area contributed by atoms with Gasteiger partial charge >= 0.3 is 0 Å². The monoisotopic (exact) mass is 180 g/mol. The molecule has 0 unspecified atom stereocenters. The van der Waals surface area contributed by atoms with Crippen molar-refractivity contribution in [2.24, 2.45) is 0 Å². The van der Waals surface area contributed by atoms with E-state index in [4.69, 9.17) is 0 Å². The molecule has 0 saturated carbocycles. The summed E-state index contributed by atoms with van der Waals surface area (Å²) in [5.74, 6) is 0. The van der Waals surface area contributed by atoms with Gasteiger partial charge in [-0.25, -0.2) is 0 Å². The van der Waals surface area contributed by atoms with Gasteiger partial charge in [0.15, 0.2) is 0 Å². The van der Waals surface area contributed by atoms with Crippen molar-refractivity contribution in [1.29, 1.82) is 0 Å². The summed E-state index contributed by atoms with van der Waals surface area (Å²) in [6.07, 6.45) is 7.18. The average Bonchev–Trinajstić information content (AvgIpc) is 2.11. The van der Waals surface area contributed by atoms with Crippen LogP contribution in [0.1, 0.15) is 20.3 Å². The molecule has 0 aromatic heterocycles. The molecule has 0 heterocycles. The molecule has 0 amide bonds. The molecule has 66 valence electrons. The van der Waals surface area contributed by atoms with Crippen molar-refractivity contribution in [1.82, 2.24) is 0 Å². The van der Waals surface area contributed by atoms with Crippen LogP contribution < -0.4 is 0 Å². The van der Waals surface area contributed by atoms with E-state index in [2.05, 4.69) is 39.2 Å². The van der Waals surface area contributed by atoms with E-state index in [1.807, 2.05) is 11.5 Å². The molecule has 0 aliphatic heterocycles.